The number of anilines is 4. The van der Waals surface area contributed by atoms with E-state index in [1.807, 2.05) is 36.1 Å². The Morgan fingerprint density at radius 3 is 2.74 bits per heavy atom. The van der Waals surface area contributed by atoms with Crippen molar-refractivity contribution in [2.75, 3.05) is 41.9 Å². The van der Waals surface area contributed by atoms with E-state index < -0.39 is 17.8 Å². The molecule has 0 unspecified atom stereocenters. The molecule has 2 aliphatic rings. The summed E-state index contributed by atoms with van der Waals surface area (Å²) in [4.78, 5) is 43.4. The molecule has 2 aliphatic heterocycles. The molecule has 4 aromatic rings. The summed E-state index contributed by atoms with van der Waals surface area (Å²) in [5.74, 6) is -0.0541. The van der Waals surface area contributed by atoms with Crippen LogP contribution in [0.25, 0.3) is 10.8 Å². The number of hydrogen-bond donors (Lipinski definition) is 2. The number of esters is 1. The normalized spacial score (nSPS) is 18.4. The van der Waals surface area contributed by atoms with Crippen LogP contribution in [-0.4, -0.2) is 65.7 Å². The van der Waals surface area contributed by atoms with Crippen LogP contribution < -0.4 is 20.4 Å². The van der Waals surface area contributed by atoms with Crippen LogP contribution in [-0.2, 0) is 9.53 Å². The van der Waals surface area contributed by atoms with E-state index in [1.165, 1.54) is 19.2 Å². The van der Waals surface area contributed by atoms with Gasteiger partial charge in [-0.25, -0.2) is 19.2 Å². The number of piperidine rings is 1. The van der Waals surface area contributed by atoms with E-state index in [0.717, 1.165) is 42.1 Å². The molecule has 0 radical (unpaired) electrons. The molecule has 2 fully saturated rings. The zero-order valence-corrected chi connectivity index (χ0v) is 24.2. The second-order valence-electron chi connectivity index (χ2n) is 10.9. The lowest BCUT2D eigenvalue weighted by molar-refractivity contribution is -0.141. The quantitative estimate of drug-likeness (QED) is 0.298. The van der Waals surface area contributed by atoms with E-state index in [9.17, 15) is 9.59 Å². The smallest absolute Gasteiger partial charge is 0.328 e. The fourth-order valence-corrected chi connectivity index (χ4v) is 6.08. The van der Waals surface area contributed by atoms with Gasteiger partial charge in [0.2, 0.25) is 5.95 Å². The number of fused-ring (bicyclic) bond motifs is 1. The molecule has 0 spiro atoms. The van der Waals surface area contributed by atoms with E-state index in [4.69, 9.17) is 4.74 Å². The Kier molecular flexibility index (Phi) is 8.15. The summed E-state index contributed by atoms with van der Waals surface area (Å²) in [6, 6.07) is 13.4. The minimum absolute atomic E-state index is 0.0452. The minimum atomic E-state index is -0.665. The number of amides is 1. The summed E-state index contributed by atoms with van der Waals surface area (Å²) in [5.41, 5.74) is 1.34. The lowest BCUT2D eigenvalue weighted by Crippen LogP contribution is -2.49. The third-order valence-electron chi connectivity index (χ3n) is 8.18. The van der Waals surface area contributed by atoms with Gasteiger partial charge in [-0.1, -0.05) is 18.2 Å². The van der Waals surface area contributed by atoms with Crippen LogP contribution in [0.1, 0.15) is 41.6 Å². The SMILES string of the molecule is COC(=O)[C@H]1CCCN1c1ccnc(Nc2ccc(C(=O)N(c3nccc4cccc(C)c34)[C@@H]3CCCNC3)c(F)c2)n1. The lowest BCUT2D eigenvalue weighted by atomic mass is 10.0. The Labute approximate surface area is 249 Å². The Morgan fingerprint density at radius 2 is 1.95 bits per heavy atom. The number of pyridine rings is 1. The first-order valence-corrected chi connectivity index (χ1v) is 14.6. The molecule has 1 amide bonds. The Morgan fingerprint density at radius 1 is 1.09 bits per heavy atom. The van der Waals surface area contributed by atoms with Gasteiger partial charge in [0.25, 0.3) is 5.91 Å². The number of aryl methyl sites for hydroxylation is 1. The maximum absolute atomic E-state index is 15.7. The summed E-state index contributed by atoms with van der Waals surface area (Å²) in [6.45, 7) is 4.13. The summed E-state index contributed by atoms with van der Waals surface area (Å²) in [7, 11) is 1.37. The van der Waals surface area contributed by atoms with Crippen molar-refractivity contribution in [3.8, 4) is 0 Å². The highest BCUT2D eigenvalue weighted by Crippen LogP contribution is 2.32. The number of aromatic nitrogens is 3. The van der Waals surface area contributed by atoms with E-state index >= 15 is 4.39 Å². The van der Waals surface area contributed by atoms with Crippen molar-refractivity contribution in [2.45, 2.75) is 44.7 Å². The summed E-state index contributed by atoms with van der Waals surface area (Å²) in [5, 5.41) is 8.26. The third-order valence-corrected chi connectivity index (χ3v) is 8.18. The second kappa shape index (κ2) is 12.3. The molecular weight excluding hydrogens is 549 g/mol. The maximum Gasteiger partial charge on any atom is 0.328 e. The maximum atomic E-state index is 15.7. The van der Waals surface area contributed by atoms with Gasteiger partial charge in [-0.15, -0.1) is 0 Å². The average molecular weight is 584 g/mol. The molecule has 43 heavy (non-hydrogen) atoms. The number of nitrogens with one attached hydrogen (secondary N) is 2. The monoisotopic (exact) mass is 583 g/mol. The number of rotatable bonds is 7. The van der Waals surface area contributed by atoms with Crippen LogP contribution in [0, 0.1) is 12.7 Å². The van der Waals surface area contributed by atoms with Crippen molar-refractivity contribution in [3.05, 3.63) is 77.9 Å². The Balaban J connectivity index is 1.28. The highest BCUT2D eigenvalue weighted by Gasteiger charge is 2.33. The molecule has 2 N–H and O–H groups in total. The van der Waals surface area contributed by atoms with E-state index in [0.29, 0.717) is 36.8 Å². The van der Waals surface area contributed by atoms with Gasteiger partial charge in [0, 0.05) is 36.6 Å². The van der Waals surface area contributed by atoms with Crippen LogP contribution in [0.15, 0.2) is 60.9 Å². The summed E-state index contributed by atoms with van der Waals surface area (Å²) in [6.07, 6.45) is 6.49. The molecule has 2 aromatic heterocycles. The highest BCUT2D eigenvalue weighted by molar-refractivity contribution is 6.11. The summed E-state index contributed by atoms with van der Waals surface area (Å²) >= 11 is 0. The topological polar surface area (TPSA) is 113 Å². The lowest BCUT2D eigenvalue weighted by Gasteiger charge is -2.35. The number of carbonyl (C=O) groups is 2. The predicted molar refractivity (Wildman–Crippen MR) is 163 cm³/mol. The van der Waals surface area contributed by atoms with Crippen LogP contribution in [0.4, 0.5) is 27.7 Å². The van der Waals surface area contributed by atoms with Gasteiger partial charge in [0.1, 0.15) is 23.5 Å². The van der Waals surface area contributed by atoms with E-state index in [2.05, 4.69) is 25.6 Å². The van der Waals surface area contributed by atoms with Gasteiger partial charge in [-0.05, 0) is 80.4 Å². The molecular formula is C32H34FN7O3. The Bertz CT molecular complexity index is 1650. The number of ether oxygens (including phenoxy) is 1. The largest absolute Gasteiger partial charge is 0.467 e. The molecule has 2 aromatic carbocycles. The van der Waals surface area contributed by atoms with Gasteiger partial charge < -0.3 is 20.3 Å². The number of carbonyl (C=O) groups excluding carboxylic acids is 2. The van der Waals surface area contributed by atoms with Crippen molar-refractivity contribution in [1.29, 1.82) is 0 Å². The molecule has 2 atom stereocenters. The van der Waals surface area contributed by atoms with Gasteiger partial charge in [0.15, 0.2) is 0 Å². The highest BCUT2D eigenvalue weighted by atomic mass is 19.1. The van der Waals surface area contributed by atoms with Crippen molar-refractivity contribution in [1.82, 2.24) is 20.3 Å². The minimum Gasteiger partial charge on any atom is -0.467 e. The van der Waals surface area contributed by atoms with Crippen LogP contribution >= 0.6 is 0 Å². The number of halogens is 1. The average Bonchev–Trinajstić information content (AvgIpc) is 3.52. The van der Waals surface area contributed by atoms with E-state index in [1.54, 1.807) is 29.4 Å². The van der Waals surface area contributed by atoms with Crippen molar-refractivity contribution in [2.24, 2.45) is 0 Å². The van der Waals surface area contributed by atoms with Gasteiger partial charge >= 0.3 is 5.97 Å². The predicted octanol–water partition coefficient (Wildman–Crippen LogP) is 4.76. The molecule has 0 bridgehead atoms. The van der Waals surface area contributed by atoms with Crippen molar-refractivity contribution < 1.29 is 18.7 Å². The fraction of sp³-hybridized carbons (Fsp3) is 0.344. The van der Waals surface area contributed by atoms with Crippen molar-refractivity contribution >= 4 is 45.9 Å². The van der Waals surface area contributed by atoms with Gasteiger partial charge in [-0.2, -0.15) is 4.98 Å². The van der Waals surface area contributed by atoms with Gasteiger partial charge in [-0.3, -0.25) is 9.69 Å². The zero-order chi connectivity index (χ0) is 29.9. The third kappa shape index (κ3) is 5.72. The first-order valence-electron chi connectivity index (χ1n) is 14.6. The number of benzene rings is 2. The number of methoxy groups -OCH3 is 1. The molecule has 0 saturated carbocycles. The van der Waals surface area contributed by atoms with Crippen LogP contribution in [0.5, 0.6) is 0 Å². The molecule has 222 valence electrons. The molecule has 4 heterocycles. The first-order chi connectivity index (χ1) is 20.9. The molecule has 6 rings (SSSR count). The summed E-state index contributed by atoms with van der Waals surface area (Å²) < 4.78 is 20.7. The molecule has 10 nitrogen and oxygen atoms in total. The van der Waals surface area contributed by atoms with Crippen molar-refractivity contribution in [3.63, 3.8) is 0 Å². The second-order valence-corrected chi connectivity index (χ2v) is 10.9. The zero-order valence-electron chi connectivity index (χ0n) is 24.2. The number of hydrogen-bond acceptors (Lipinski definition) is 9. The van der Waals surface area contributed by atoms with E-state index in [-0.39, 0.29) is 23.5 Å². The molecule has 11 heteroatoms. The fourth-order valence-electron chi connectivity index (χ4n) is 6.08. The molecule has 2 saturated heterocycles. The van der Waals surface area contributed by atoms with Crippen LogP contribution in [0.2, 0.25) is 0 Å². The van der Waals surface area contributed by atoms with Gasteiger partial charge in [0.05, 0.1) is 18.7 Å². The Hall–Kier alpha value is -4.64. The molecule has 0 aliphatic carbocycles. The van der Waals surface area contributed by atoms with Crippen LogP contribution in [0.3, 0.4) is 0 Å². The number of nitrogens with zero attached hydrogens (tertiary/aromatic N) is 5. The first kappa shape index (κ1) is 28.5. The standard InChI is InChI=1S/C32H34FN7O3/c1-20-6-3-7-21-12-15-35-29(28(20)21)40(23-8-4-14-34-19-23)30(41)24-11-10-22(18-25(24)33)37-32-36-16-13-27(38-32)39-17-5-9-26(39)31(42)43-2/h3,6-7,10-13,15-16,18,23,26,34H,4-5,8-9,14,17,19H2,1-2H3,(H,36,37,38)/t23-,26-/m1/s1.